The highest BCUT2D eigenvalue weighted by Crippen LogP contribution is 2.19. The number of para-hydroxylation sites is 1. The van der Waals surface area contributed by atoms with Gasteiger partial charge in [0.15, 0.2) is 0 Å². The van der Waals surface area contributed by atoms with E-state index >= 15 is 0 Å². The number of benzene rings is 1. The zero-order valence-corrected chi connectivity index (χ0v) is 9.57. The molecule has 1 aliphatic heterocycles. The number of ether oxygens (including phenoxy) is 1. The van der Waals surface area contributed by atoms with Crippen LogP contribution in [0.25, 0.3) is 0 Å². The Bertz CT molecular complexity index is 558. The molecule has 0 bridgehead atoms. The van der Waals surface area contributed by atoms with Crippen molar-refractivity contribution < 1.29 is 13.2 Å². The molecule has 0 N–H and O–H groups in total. The number of sulfone groups is 1. The van der Waals surface area contributed by atoms with Crippen molar-refractivity contribution >= 4 is 15.4 Å². The highest BCUT2D eigenvalue weighted by atomic mass is 32.2. The van der Waals surface area contributed by atoms with Crippen molar-refractivity contribution in [3.8, 4) is 5.75 Å². The lowest BCUT2D eigenvalue weighted by molar-refractivity contribution is 0.355. The van der Waals surface area contributed by atoms with E-state index in [0.717, 1.165) is 11.1 Å². The molecule has 0 amide bonds. The van der Waals surface area contributed by atoms with E-state index in [2.05, 4.69) is 4.99 Å². The van der Waals surface area contributed by atoms with Gasteiger partial charge in [0, 0.05) is 6.20 Å². The standard InChI is InChI=1S/C11H11NO3S/c1-9-4-2-3-5-11(9)15-7-10-6-12-8-16(10,13)14/h2-6,8H,7H2,1H3. The molecule has 0 unspecified atom stereocenters. The van der Waals surface area contributed by atoms with Crippen molar-refractivity contribution in [3.05, 3.63) is 40.9 Å². The van der Waals surface area contributed by atoms with Crippen molar-refractivity contribution in [3.63, 3.8) is 0 Å². The van der Waals surface area contributed by atoms with Gasteiger partial charge in [-0.25, -0.2) is 8.42 Å². The number of aliphatic imine (C=N–C) groups is 1. The average molecular weight is 237 g/mol. The summed E-state index contributed by atoms with van der Waals surface area (Å²) in [6.45, 7) is 1.93. The van der Waals surface area contributed by atoms with Crippen molar-refractivity contribution in [1.82, 2.24) is 0 Å². The molecule has 5 heteroatoms. The summed E-state index contributed by atoms with van der Waals surface area (Å²) < 4.78 is 28.2. The van der Waals surface area contributed by atoms with Crippen molar-refractivity contribution in [2.75, 3.05) is 6.61 Å². The number of hydrogen-bond donors (Lipinski definition) is 0. The van der Waals surface area contributed by atoms with Crippen LogP contribution < -0.4 is 4.74 Å². The molecule has 1 aromatic rings. The summed E-state index contributed by atoms with van der Waals surface area (Å²) in [5.74, 6) is 0.686. The molecule has 84 valence electrons. The fourth-order valence-electron chi connectivity index (χ4n) is 1.32. The van der Waals surface area contributed by atoms with E-state index in [0.29, 0.717) is 5.75 Å². The molecule has 16 heavy (non-hydrogen) atoms. The van der Waals surface area contributed by atoms with Crippen molar-refractivity contribution in [2.24, 2.45) is 4.99 Å². The third-order valence-electron chi connectivity index (χ3n) is 2.25. The lowest BCUT2D eigenvalue weighted by atomic mass is 10.2. The predicted molar refractivity (Wildman–Crippen MR) is 62.2 cm³/mol. The van der Waals surface area contributed by atoms with Crippen LogP contribution in [-0.2, 0) is 9.84 Å². The number of nitrogens with zero attached hydrogens (tertiary/aromatic N) is 1. The highest BCUT2D eigenvalue weighted by molar-refractivity contribution is 8.08. The second-order valence-corrected chi connectivity index (χ2v) is 5.27. The summed E-state index contributed by atoms with van der Waals surface area (Å²) in [7, 11) is -3.33. The van der Waals surface area contributed by atoms with Gasteiger partial charge in [-0.2, -0.15) is 0 Å². The lowest BCUT2D eigenvalue weighted by Crippen LogP contribution is -2.10. The molecule has 0 atom stereocenters. The fraction of sp³-hybridized carbons (Fsp3) is 0.182. The second-order valence-electron chi connectivity index (χ2n) is 3.45. The van der Waals surface area contributed by atoms with Gasteiger partial charge in [0.1, 0.15) is 22.8 Å². The minimum absolute atomic E-state index is 0.0210. The van der Waals surface area contributed by atoms with Gasteiger partial charge >= 0.3 is 0 Å². The van der Waals surface area contributed by atoms with E-state index in [1.165, 1.54) is 6.20 Å². The molecule has 0 saturated carbocycles. The van der Waals surface area contributed by atoms with Gasteiger partial charge in [-0.1, -0.05) is 18.2 Å². The van der Waals surface area contributed by atoms with Gasteiger partial charge in [0.25, 0.3) is 0 Å². The van der Waals surface area contributed by atoms with Crippen LogP contribution >= 0.6 is 0 Å². The van der Waals surface area contributed by atoms with E-state index in [1.807, 2.05) is 25.1 Å². The Hall–Kier alpha value is -1.62. The summed E-state index contributed by atoms with van der Waals surface area (Å²) in [5.41, 5.74) is 1.91. The molecule has 4 nitrogen and oxygen atoms in total. The maximum atomic E-state index is 11.4. The summed E-state index contributed by atoms with van der Waals surface area (Å²) in [5, 5.41) is 0. The lowest BCUT2D eigenvalue weighted by Gasteiger charge is -2.08. The molecule has 0 spiro atoms. The Morgan fingerprint density at radius 2 is 2.06 bits per heavy atom. The first kappa shape index (κ1) is 10.9. The van der Waals surface area contributed by atoms with Crippen LogP contribution in [0.5, 0.6) is 5.75 Å². The highest BCUT2D eigenvalue weighted by Gasteiger charge is 2.20. The topological polar surface area (TPSA) is 55.7 Å². The molecule has 1 aromatic carbocycles. The van der Waals surface area contributed by atoms with Crippen LogP contribution in [0.4, 0.5) is 0 Å². The predicted octanol–water partition coefficient (Wildman–Crippen LogP) is 1.67. The van der Waals surface area contributed by atoms with Crippen LogP contribution in [-0.4, -0.2) is 20.6 Å². The van der Waals surface area contributed by atoms with Gasteiger partial charge in [0.2, 0.25) is 9.84 Å². The second kappa shape index (κ2) is 4.09. The van der Waals surface area contributed by atoms with Crippen LogP contribution in [0.2, 0.25) is 0 Å². The quantitative estimate of drug-likeness (QED) is 0.803. The third kappa shape index (κ3) is 2.14. The van der Waals surface area contributed by atoms with Crippen molar-refractivity contribution in [1.29, 1.82) is 0 Å². The number of hydrogen-bond acceptors (Lipinski definition) is 4. The Morgan fingerprint density at radius 1 is 1.31 bits per heavy atom. The summed E-state index contributed by atoms with van der Waals surface area (Å²) in [6, 6.07) is 7.45. The Kier molecular flexibility index (Phi) is 2.78. The third-order valence-corrected chi connectivity index (χ3v) is 3.60. The van der Waals surface area contributed by atoms with Crippen LogP contribution in [0, 0.1) is 6.92 Å². The maximum Gasteiger partial charge on any atom is 0.217 e. The molecular formula is C11H11NO3S. The fourth-order valence-corrected chi connectivity index (χ4v) is 2.11. The number of aryl methyl sites for hydroxylation is 1. The SMILES string of the molecule is Cc1ccccc1OCC1=CN=CS1(=O)=O. The van der Waals surface area contributed by atoms with Crippen LogP contribution in [0.1, 0.15) is 5.56 Å². The van der Waals surface area contributed by atoms with E-state index in [9.17, 15) is 8.42 Å². The normalized spacial score (nSPS) is 17.2. The minimum atomic E-state index is -3.33. The Labute approximate surface area is 94.2 Å². The van der Waals surface area contributed by atoms with Gasteiger partial charge in [-0.05, 0) is 18.6 Å². The first-order chi connectivity index (χ1) is 7.59. The largest absolute Gasteiger partial charge is 0.488 e. The van der Waals surface area contributed by atoms with E-state index in [-0.39, 0.29) is 11.5 Å². The molecule has 0 aliphatic carbocycles. The summed E-state index contributed by atoms with van der Waals surface area (Å²) in [6.07, 6.45) is 1.31. The summed E-state index contributed by atoms with van der Waals surface area (Å²) >= 11 is 0. The van der Waals surface area contributed by atoms with Gasteiger partial charge < -0.3 is 4.74 Å². The molecular weight excluding hydrogens is 226 g/mol. The molecule has 0 fully saturated rings. The van der Waals surface area contributed by atoms with Gasteiger partial charge in [-0.3, -0.25) is 4.99 Å². The Balaban J connectivity index is 2.08. The van der Waals surface area contributed by atoms with Crippen molar-refractivity contribution in [2.45, 2.75) is 6.92 Å². The van der Waals surface area contributed by atoms with Crippen LogP contribution in [0.3, 0.4) is 0 Å². The molecule has 0 saturated heterocycles. The minimum Gasteiger partial charge on any atom is -0.488 e. The molecule has 1 aliphatic rings. The maximum absolute atomic E-state index is 11.4. The zero-order valence-electron chi connectivity index (χ0n) is 8.75. The monoisotopic (exact) mass is 237 g/mol. The number of rotatable bonds is 3. The summed E-state index contributed by atoms with van der Waals surface area (Å²) in [4.78, 5) is 3.79. The molecule has 2 rings (SSSR count). The van der Waals surface area contributed by atoms with Gasteiger partial charge in [-0.15, -0.1) is 0 Å². The van der Waals surface area contributed by atoms with E-state index < -0.39 is 9.84 Å². The average Bonchev–Trinajstić information content (AvgIpc) is 2.57. The Morgan fingerprint density at radius 3 is 2.69 bits per heavy atom. The molecule has 0 radical (unpaired) electrons. The van der Waals surface area contributed by atoms with Crippen LogP contribution in [0.15, 0.2) is 40.4 Å². The first-order valence-corrected chi connectivity index (χ1v) is 6.30. The first-order valence-electron chi connectivity index (χ1n) is 4.75. The van der Waals surface area contributed by atoms with E-state index in [1.54, 1.807) is 6.07 Å². The zero-order chi connectivity index (χ0) is 11.6. The van der Waals surface area contributed by atoms with Gasteiger partial charge in [0.05, 0.1) is 0 Å². The molecule has 0 aromatic heterocycles. The smallest absolute Gasteiger partial charge is 0.217 e. The molecule has 1 heterocycles. The van der Waals surface area contributed by atoms with E-state index in [4.69, 9.17) is 4.74 Å².